The molecule has 0 N–H and O–H groups in total. The van der Waals surface area contributed by atoms with Crippen molar-refractivity contribution in [3.8, 4) is 5.75 Å². The summed E-state index contributed by atoms with van der Waals surface area (Å²) in [6, 6.07) is 6.17. The smallest absolute Gasteiger partial charge is 0.132 e. The van der Waals surface area contributed by atoms with Crippen LogP contribution in [0.1, 0.15) is 11.3 Å². The Hall–Kier alpha value is -1.55. The molecule has 0 aliphatic carbocycles. The summed E-state index contributed by atoms with van der Waals surface area (Å²) >= 11 is 5.72. The van der Waals surface area contributed by atoms with Crippen molar-refractivity contribution in [1.29, 1.82) is 0 Å². The summed E-state index contributed by atoms with van der Waals surface area (Å²) in [6.07, 6.45) is 1.84. The Bertz CT molecular complexity index is 513. The number of ether oxygens (including phenoxy) is 1. The van der Waals surface area contributed by atoms with E-state index in [1.165, 1.54) is 12.1 Å². The molecule has 0 saturated heterocycles. The maximum absolute atomic E-state index is 13.0. The lowest BCUT2D eigenvalue weighted by atomic mass is 10.2. The number of hydrogen-bond acceptors (Lipinski definition) is 2. The molecule has 3 nitrogen and oxygen atoms in total. The second kappa shape index (κ2) is 5.19. The fraction of sp³-hybridized carbons (Fsp3) is 0.250. The van der Waals surface area contributed by atoms with Gasteiger partial charge in [-0.15, -0.1) is 11.6 Å². The molecule has 0 fully saturated rings. The van der Waals surface area contributed by atoms with Gasteiger partial charge in [0.05, 0.1) is 11.6 Å². The minimum absolute atomic E-state index is 0.218. The Morgan fingerprint density at radius 1 is 1.41 bits per heavy atom. The van der Waals surface area contributed by atoms with Gasteiger partial charge >= 0.3 is 0 Å². The van der Waals surface area contributed by atoms with Crippen molar-refractivity contribution in [1.82, 2.24) is 9.78 Å². The van der Waals surface area contributed by atoms with E-state index in [2.05, 4.69) is 5.10 Å². The molecule has 0 amide bonds. The second-order valence-electron chi connectivity index (χ2n) is 3.66. The molecule has 1 aromatic carbocycles. The predicted molar refractivity (Wildman–Crippen MR) is 63.5 cm³/mol. The van der Waals surface area contributed by atoms with Crippen LogP contribution < -0.4 is 4.74 Å². The van der Waals surface area contributed by atoms with Gasteiger partial charge in [0, 0.05) is 18.8 Å². The zero-order valence-corrected chi connectivity index (χ0v) is 10.1. The SMILES string of the molecule is Cn1ccc(COc2ccc(F)cc2CCl)n1. The van der Waals surface area contributed by atoms with E-state index < -0.39 is 0 Å². The van der Waals surface area contributed by atoms with Crippen LogP contribution >= 0.6 is 11.6 Å². The summed E-state index contributed by atoms with van der Waals surface area (Å²) in [5.41, 5.74) is 1.46. The number of benzene rings is 1. The van der Waals surface area contributed by atoms with Crippen LogP contribution in [0.2, 0.25) is 0 Å². The third-order valence-electron chi connectivity index (χ3n) is 2.31. The van der Waals surface area contributed by atoms with Crippen LogP contribution in [-0.4, -0.2) is 9.78 Å². The number of aromatic nitrogens is 2. The minimum atomic E-state index is -0.314. The summed E-state index contributed by atoms with van der Waals surface area (Å²) in [6.45, 7) is 0.344. The first kappa shape index (κ1) is 11.9. The van der Waals surface area contributed by atoms with Crippen LogP contribution in [0.25, 0.3) is 0 Å². The molecule has 90 valence electrons. The van der Waals surface area contributed by atoms with Crippen LogP contribution in [0.4, 0.5) is 4.39 Å². The van der Waals surface area contributed by atoms with Gasteiger partial charge in [-0.2, -0.15) is 5.10 Å². The average Bonchev–Trinajstić information content (AvgIpc) is 2.73. The van der Waals surface area contributed by atoms with E-state index in [4.69, 9.17) is 16.3 Å². The molecule has 17 heavy (non-hydrogen) atoms. The van der Waals surface area contributed by atoms with Gasteiger partial charge in [-0.05, 0) is 24.3 Å². The van der Waals surface area contributed by atoms with Crippen molar-refractivity contribution in [3.63, 3.8) is 0 Å². The first-order valence-electron chi connectivity index (χ1n) is 5.15. The predicted octanol–water partition coefficient (Wildman–Crippen LogP) is 2.88. The van der Waals surface area contributed by atoms with Gasteiger partial charge in [-0.25, -0.2) is 4.39 Å². The highest BCUT2D eigenvalue weighted by Crippen LogP contribution is 2.22. The Morgan fingerprint density at radius 3 is 2.88 bits per heavy atom. The van der Waals surface area contributed by atoms with E-state index in [1.807, 2.05) is 19.3 Å². The summed E-state index contributed by atoms with van der Waals surface area (Å²) in [5, 5.41) is 4.18. The maximum Gasteiger partial charge on any atom is 0.132 e. The number of alkyl halides is 1. The molecule has 0 saturated carbocycles. The largest absolute Gasteiger partial charge is 0.487 e. The lowest BCUT2D eigenvalue weighted by Crippen LogP contribution is -2.00. The molecule has 0 spiro atoms. The third kappa shape index (κ3) is 2.97. The first-order chi connectivity index (χ1) is 8.19. The van der Waals surface area contributed by atoms with E-state index >= 15 is 0 Å². The Kier molecular flexibility index (Phi) is 3.64. The first-order valence-corrected chi connectivity index (χ1v) is 5.68. The van der Waals surface area contributed by atoms with Gasteiger partial charge in [0.15, 0.2) is 0 Å². The van der Waals surface area contributed by atoms with E-state index in [1.54, 1.807) is 10.7 Å². The molecular weight excluding hydrogens is 243 g/mol. The highest BCUT2D eigenvalue weighted by atomic mass is 35.5. The third-order valence-corrected chi connectivity index (χ3v) is 2.60. The van der Waals surface area contributed by atoms with Gasteiger partial charge < -0.3 is 4.74 Å². The zero-order chi connectivity index (χ0) is 12.3. The average molecular weight is 255 g/mol. The van der Waals surface area contributed by atoms with E-state index in [-0.39, 0.29) is 11.7 Å². The Labute approximate surface area is 104 Å². The second-order valence-corrected chi connectivity index (χ2v) is 3.92. The molecule has 0 atom stereocenters. The summed E-state index contributed by atoms with van der Waals surface area (Å²) in [5.74, 6) is 0.493. The number of halogens is 2. The van der Waals surface area contributed by atoms with Gasteiger partial charge in [0.2, 0.25) is 0 Å². The molecule has 1 heterocycles. The lowest BCUT2D eigenvalue weighted by molar-refractivity contribution is 0.297. The van der Waals surface area contributed by atoms with Crippen molar-refractivity contribution in [3.05, 3.63) is 47.5 Å². The normalized spacial score (nSPS) is 10.5. The number of rotatable bonds is 4. The summed E-state index contributed by atoms with van der Waals surface area (Å²) in [4.78, 5) is 0. The van der Waals surface area contributed by atoms with Gasteiger partial charge in [0.25, 0.3) is 0 Å². The minimum Gasteiger partial charge on any atom is -0.487 e. The van der Waals surface area contributed by atoms with Crippen molar-refractivity contribution in [2.45, 2.75) is 12.5 Å². The molecule has 2 rings (SSSR count). The van der Waals surface area contributed by atoms with Crippen LogP contribution in [0, 0.1) is 5.82 Å². The molecule has 0 bridgehead atoms. The number of hydrogen-bond donors (Lipinski definition) is 0. The van der Waals surface area contributed by atoms with Crippen LogP contribution in [0.3, 0.4) is 0 Å². The van der Waals surface area contributed by atoms with Crippen LogP contribution in [-0.2, 0) is 19.5 Å². The quantitative estimate of drug-likeness (QED) is 0.785. The van der Waals surface area contributed by atoms with Gasteiger partial charge in [-0.3, -0.25) is 4.68 Å². The van der Waals surface area contributed by atoms with Crippen molar-refractivity contribution < 1.29 is 9.13 Å². The van der Waals surface area contributed by atoms with Crippen molar-refractivity contribution in [2.75, 3.05) is 0 Å². The van der Waals surface area contributed by atoms with E-state index in [0.29, 0.717) is 17.9 Å². The van der Waals surface area contributed by atoms with E-state index in [9.17, 15) is 4.39 Å². The summed E-state index contributed by atoms with van der Waals surface area (Å²) < 4.78 is 20.2. The molecule has 0 unspecified atom stereocenters. The number of nitrogens with zero attached hydrogens (tertiary/aromatic N) is 2. The molecule has 0 radical (unpaired) electrons. The fourth-order valence-corrected chi connectivity index (χ4v) is 1.69. The van der Waals surface area contributed by atoms with Crippen LogP contribution in [0.5, 0.6) is 5.75 Å². The standard InChI is InChI=1S/C12H12ClFN2O/c1-16-5-4-11(15-16)8-17-12-3-2-10(14)6-9(12)7-13/h2-6H,7-8H2,1H3. The van der Waals surface area contributed by atoms with Crippen LogP contribution in [0.15, 0.2) is 30.5 Å². The van der Waals surface area contributed by atoms with Gasteiger partial charge in [-0.1, -0.05) is 0 Å². The van der Waals surface area contributed by atoms with E-state index in [0.717, 1.165) is 5.69 Å². The maximum atomic E-state index is 13.0. The monoisotopic (exact) mass is 254 g/mol. The highest BCUT2D eigenvalue weighted by molar-refractivity contribution is 6.17. The molecule has 1 aromatic heterocycles. The van der Waals surface area contributed by atoms with Crippen molar-refractivity contribution in [2.24, 2.45) is 7.05 Å². The molecule has 0 aliphatic heterocycles. The fourth-order valence-electron chi connectivity index (χ4n) is 1.49. The summed E-state index contributed by atoms with van der Waals surface area (Å²) in [7, 11) is 1.84. The topological polar surface area (TPSA) is 27.1 Å². The Balaban J connectivity index is 2.08. The molecule has 0 aliphatic rings. The lowest BCUT2D eigenvalue weighted by Gasteiger charge is -2.08. The Morgan fingerprint density at radius 2 is 2.24 bits per heavy atom. The van der Waals surface area contributed by atoms with Crippen molar-refractivity contribution >= 4 is 11.6 Å². The highest BCUT2D eigenvalue weighted by Gasteiger charge is 2.05. The van der Waals surface area contributed by atoms with Gasteiger partial charge in [0.1, 0.15) is 18.2 Å². The molecule has 5 heteroatoms. The molecule has 2 aromatic rings. The number of aryl methyl sites for hydroxylation is 1. The molecular formula is C12H12ClFN2O. The zero-order valence-electron chi connectivity index (χ0n) is 9.36.